The highest BCUT2D eigenvalue weighted by atomic mass is 19.1. The van der Waals surface area contributed by atoms with E-state index in [4.69, 9.17) is 9.26 Å². The van der Waals surface area contributed by atoms with Crippen molar-refractivity contribution < 1.29 is 18.4 Å². The molecule has 0 saturated carbocycles. The zero-order chi connectivity index (χ0) is 18.5. The van der Waals surface area contributed by atoms with Crippen molar-refractivity contribution in [3.05, 3.63) is 71.2 Å². The Morgan fingerprint density at radius 3 is 2.54 bits per heavy atom. The van der Waals surface area contributed by atoms with E-state index in [0.717, 1.165) is 22.4 Å². The molecule has 134 valence electrons. The largest absolute Gasteiger partial charge is 0.365 e. The number of hydrogen-bond acceptors (Lipinski definition) is 4. The Labute approximate surface area is 150 Å². The number of nitrogens with one attached hydrogen (secondary N) is 1. The number of aryl methyl sites for hydroxylation is 2. The van der Waals surface area contributed by atoms with Gasteiger partial charge in [-0.15, -0.1) is 0 Å². The zero-order valence-corrected chi connectivity index (χ0v) is 14.6. The first kappa shape index (κ1) is 17.8. The first-order valence-electron chi connectivity index (χ1n) is 8.18. The smallest absolute Gasteiger partial charge is 0.250 e. The summed E-state index contributed by atoms with van der Waals surface area (Å²) in [7, 11) is 0. The predicted octanol–water partition coefficient (Wildman–Crippen LogP) is 4.25. The van der Waals surface area contributed by atoms with Gasteiger partial charge < -0.3 is 14.6 Å². The van der Waals surface area contributed by atoms with Crippen molar-refractivity contribution in [2.24, 2.45) is 0 Å². The van der Waals surface area contributed by atoms with Crippen molar-refractivity contribution in [2.45, 2.75) is 20.5 Å². The monoisotopic (exact) mass is 354 g/mol. The lowest BCUT2D eigenvalue weighted by Crippen LogP contribution is -2.19. The van der Waals surface area contributed by atoms with Crippen LogP contribution >= 0.6 is 0 Å². The third-order valence-corrected chi connectivity index (χ3v) is 3.92. The van der Waals surface area contributed by atoms with Crippen LogP contribution in [0.25, 0.3) is 11.3 Å². The Bertz CT molecular complexity index is 883. The maximum atomic E-state index is 13.0. The maximum absolute atomic E-state index is 13.0. The van der Waals surface area contributed by atoms with Crippen LogP contribution in [-0.4, -0.2) is 17.7 Å². The van der Waals surface area contributed by atoms with Crippen molar-refractivity contribution in [2.75, 3.05) is 11.9 Å². The molecule has 0 bridgehead atoms. The number of aromatic nitrogens is 1. The Morgan fingerprint density at radius 1 is 1.15 bits per heavy atom. The number of hydrogen-bond donors (Lipinski definition) is 1. The molecule has 0 fully saturated rings. The molecule has 1 N–H and O–H groups in total. The Balaban J connectivity index is 1.52. The summed E-state index contributed by atoms with van der Waals surface area (Å²) in [5.41, 5.74) is 4.08. The molecule has 0 unspecified atom stereocenters. The maximum Gasteiger partial charge on any atom is 0.250 e. The summed E-state index contributed by atoms with van der Waals surface area (Å²) in [4.78, 5) is 12.1. The molecule has 0 saturated heterocycles. The second-order valence-corrected chi connectivity index (χ2v) is 6.00. The van der Waals surface area contributed by atoms with E-state index in [1.165, 1.54) is 12.1 Å². The Morgan fingerprint density at radius 2 is 1.85 bits per heavy atom. The average molecular weight is 354 g/mol. The van der Waals surface area contributed by atoms with Crippen LogP contribution in [0.4, 0.5) is 10.1 Å². The number of nitrogens with zero attached hydrogens (tertiary/aromatic N) is 1. The summed E-state index contributed by atoms with van der Waals surface area (Å²) in [6.45, 7) is 3.93. The molecule has 0 aliphatic rings. The minimum atomic E-state index is -0.313. The van der Waals surface area contributed by atoms with E-state index >= 15 is 0 Å². The topological polar surface area (TPSA) is 64.4 Å². The van der Waals surface area contributed by atoms with Gasteiger partial charge in [-0.1, -0.05) is 23.4 Å². The first-order valence-corrected chi connectivity index (χ1v) is 8.18. The first-order chi connectivity index (χ1) is 12.5. The van der Waals surface area contributed by atoms with Crippen molar-refractivity contribution in [3.63, 3.8) is 0 Å². The average Bonchev–Trinajstić information content (AvgIpc) is 3.08. The van der Waals surface area contributed by atoms with Gasteiger partial charge in [0.25, 0.3) is 0 Å². The number of ether oxygens (including phenoxy) is 1. The number of anilines is 1. The zero-order valence-electron chi connectivity index (χ0n) is 14.6. The Kier molecular flexibility index (Phi) is 5.43. The minimum Gasteiger partial charge on any atom is -0.365 e. The van der Waals surface area contributed by atoms with Gasteiger partial charge in [0.15, 0.2) is 5.76 Å². The lowest BCUT2D eigenvalue weighted by Gasteiger charge is -2.11. The molecular weight excluding hydrogens is 335 g/mol. The van der Waals surface area contributed by atoms with Crippen LogP contribution in [0.5, 0.6) is 0 Å². The summed E-state index contributed by atoms with van der Waals surface area (Å²) < 4.78 is 23.6. The number of benzene rings is 2. The van der Waals surface area contributed by atoms with E-state index < -0.39 is 0 Å². The van der Waals surface area contributed by atoms with Crippen molar-refractivity contribution in [3.8, 4) is 11.3 Å². The second kappa shape index (κ2) is 7.93. The second-order valence-electron chi connectivity index (χ2n) is 6.00. The van der Waals surface area contributed by atoms with Gasteiger partial charge in [0.05, 0.1) is 6.61 Å². The highest BCUT2D eigenvalue weighted by molar-refractivity contribution is 5.93. The molecule has 0 atom stereocenters. The van der Waals surface area contributed by atoms with Crippen LogP contribution in [0, 0.1) is 19.7 Å². The van der Waals surface area contributed by atoms with Gasteiger partial charge >= 0.3 is 0 Å². The number of carbonyl (C=O) groups is 1. The lowest BCUT2D eigenvalue weighted by molar-refractivity contribution is -0.121. The molecule has 6 heteroatoms. The lowest BCUT2D eigenvalue weighted by atomic mass is 10.1. The molecule has 1 heterocycles. The number of para-hydroxylation sites is 1. The summed E-state index contributed by atoms with van der Waals surface area (Å²) in [6.07, 6.45) is 0. The van der Waals surface area contributed by atoms with E-state index in [-0.39, 0.29) is 24.9 Å². The predicted molar refractivity (Wildman–Crippen MR) is 96.1 cm³/mol. The summed E-state index contributed by atoms with van der Waals surface area (Å²) >= 11 is 0. The number of rotatable bonds is 6. The SMILES string of the molecule is Cc1cccc(C)c1NC(=O)COCc1cc(-c2ccc(F)cc2)on1. The fourth-order valence-corrected chi connectivity index (χ4v) is 2.57. The standard InChI is InChI=1S/C20H19FN2O3/c1-13-4-3-5-14(2)20(13)22-19(24)12-25-11-17-10-18(26-23-17)15-6-8-16(21)9-7-15/h3-10H,11-12H2,1-2H3,(H,22,24). The summed E-state index contributed by atoms with van der Waals surface area (Å²) in [5.74, 6) is -0.0278. The van der Waals surface area contributed by atoms with Crippen LogP contribution in [-0.2, 0) is 16.1 Å². The van der Waals surface area contributed by atoms with Crippen LogP contribution in [0.1, 0.15) is 16.8 Å². The molecule has 2 aromatic carbocycles. The van der Waals surface area contributed by atoms with Crippen LogP contribution in [0.2, 0.25) is 0 Å². The van der Waals surface area contributed by atoms with E-state index in [0.29, 0.717) is 11.5 Å². The van der Waals surface area contributed by atoms with Gasteiger partial charge in [0.1, 0.15) is 18.1 Å². The van der Waals surface area contributed by atoms with Gasteiger partial charge in [-0.2, -0.15) is 0 Å². The number of amides is 1. The summed E-state index contributed by atoms with van der Waals surface area (Å²) in [5, 5.41) is 6.76. The number of halogens is 1. The molecule has 1 amide bonds. The molecule has 1 aromatic heterocycles. The van der Waals surface area contributed by atoms with Gasteiger partial charge in [-0.3, -0.25) is 4.79 Å². The van der Waals surface area contributed by atoms with E-state index in [1.54, 1.807) is 18.2 Å². The fourth-order valence-electron chi connectivity index (χ4n) is 2.57. The Hall–Kier alpha value is -2.99. The molecule has 3 aromatic rings. The van der Waals surface area contributed by atoms with E-state index in [1.807, 2.05) is 32.0 Å². The van der Waals surface area contributed by atoms with E-state index in [9.17, 15) is 9.18 Å². The van der Waals surface area contributed by atoms with E-state index in [2.05, 4.69) is 10.5 Å². The molecule has 3 rings (SSSR count). The van der Waals surface area contributed by atoms with Gasteiger partial charge in [-0.25, -0.2) is 4.39 Å². The highest BCUT2D eigenvalue weighted by Crippen LogP contribution is 2.21. The molecule has 0 aliphatic carbocycles. The minimum absolute atomic E-state index is 0.0908. The van der Waals surface area contributed by atoms with Crippen LogP contribution < -0.4 is 5.32 Å². The molecular formula is C20H19FN2O3. The molecule has 26 heavy (non-hydrogen) atoms. The third-order valence-electron chi connectivity index (χ3n) is 3.92. The molecule has 0 spiro atoms. The third kappa shape index (κ3) is 4.34. The molecule has 5 nitrogen and oxygen atoms in total. The van der Waals surface area contributed by atoms with Crippen molar-refractivity contribution >= 4 is 11.6 Å². The van der Waals surface area contributed by atoms with Gasteiger partial charge in [0.2, 0.25) is 5.91 Å². The van der Waals surface area contributed by atoms with Gasteiger partial charge in [-0.05, 0) is 49.2 Å². The summed E-state index contributed by atoms with van der Waals surface area (Å²) in [6, 6.07) is 13.5. The molecule has 0 radical (unpaired) electrons. The quantitative estimate of drug-likeness (QED) is 0.719. The highest BCUT2D eigenvalue weighted by Gasteiger charge is 2.10. The van der Waals surface area contributed by atoms with Crippen molar-refractivity contribution in [1.82, 2.24) is 5.16 Å². The van der Waals surface area contributed by atoms with Crippen LogP contribution in [0.3, 0.4) is 0 Å². The van der Waals surface area contributed by atoms with Crippen molar-refractivity contribution in [1.29, 1.82) is 0 Å². The number of carbonyl (C=O) groups excluding carboxylic acids is 1. The normalized spacial score (nSPS) is 10.7. The van der Waals surface area contributed by atoms with Gasteiger partial charge in [0, 0.05) is 17.3 Å². The van der Waals surface area contributed by atoms with Crippen LogP contribution in [0.15, 0.2) is 53.1 Å². The molecule has 0 aliphatic heterocycles. The fraction of sp³-hybridized carbons (Fsp3) is 0.200.